The number of H-pyrrole nitrogens is 1. The molecular weight excluding hydrogens is 254 g/mol. The van der Waals surface area contributed by atoms with Crippen molar-refractivity contribution >= 4 is 16.9 Å². The Hall–Kier alpha value is -2.57. The van der Waals surface area contributed by atoms with Crippen LogP contribution in [0.5, 0.6) is 0 Å². The molecule has 20 heavy (non-hydrogen) atoms. The van der Waals surface area contributed by atoms with Crippen molar-refractivity contribution in [3.05, 3.63) is 36.8 Å². The van der Waals surface area contributed by atoms with Crippen LogP contribution in [-0.2, 0) is 0 Å². The second-order valence-electron chi connectivity index (χ2n) is 4.89. The van der Waals surface area contributed by atoms with E-state index < -0.39 is 0 Å². The first-order valence-corrected chi connectivity index (χ1v) is 6.57. The maximum atomic E-state index is 4.41. The molecule has 4 rings (SSSR count). The number of aromatic nitrogens is 6. The maximum Gasteiger partial charge on any atom is 0.160 e. The van der Waals surface area contributed by atoms with Crippen molar-refractivity contribution in [3.63, 3.8) is 0 Å². The minimum atomic E-state index is 0.403. The molecule has 0 saturated carbocycles. The molecule has 0 amide bonds. The van der Waals surface area contributed by atoms with Crippen molar-refractivity contribution in [1.82, 2.24) is 30.1 Å². The summed E-state index contributed by atoms with van der Waals surface area (Å²) in [6.45, 7) is 1.86. The van der Waals surface area contributed by atoms with E-state index in [1.807, 2.05) is 6.20 Å². The summed E-state index contributed by atoms with van der Waals surface area (Å²) in [5.41, 5.74) is 1.82. The zero-order chi connectivity index (χ0) is 13.4. The fourth-order valence-corrected chi connectivity index (χ4v) is 2.72. The molecule has 1 aliphatic heterocycles. The maximum absolute atomic E-state index is 4.41. The standard InChI is InChI=1S/C13H13N7/c1-4-20(7-9(1)11-6-14-2-3-15-11)13-10-5-18-19-12(10)16-8-17-13/h2-3,5-6,8-9H,1,4,7H2,(H,16,17,18,19). The highest BCUT2D eigenvalue weighted by molar-refractivity contribution is 5.86. The molecule has 0 radical (unpaired) electrons. The molecule has 100 valence electrons. The third-order valence-electron chi connectivity index (χ3n) is 3.72. The summed E-state index contributed by atoms with van der Waals surface area (Å²) >= 11 is 0. The molecule has 3 aromatic rings. The molecule has 1 aliphatic rings. The molecule has 3 aromatic heterocycles. The first-order chi connectivity index (χ1) is 9.92. The number of hydrogen-bond acceptors (Lipinski definition) is 6. The number of aromatic amines is 1. The highest BCUT2D eigenvalue weighted by Gasteiger charge is 2.27. The van der Waals surface area contributed by atoms with E-state index in [1.54, 1.807) is 24.9 Å². The highest BCUT2D eigenvalue weighted by atomic mass is 15.2. The molecule has 1 fully saturated rings. The average molecular weight is 267 g/mol. The minimum absolute atomic E-state index is 0.403. The summed E-state index contributed by atoms with van der Waals surface area (Å²) in [7, 11) is 0. The van der Waals surface area contributed by atoms with Gasteiger partial charge in [0.15, 0.2) is 5.65 Å². The Balaban J connectivity index is 1.64. The number of fused-ring (bicyclic) bond motifs is 1. The largest absolute Gasteiger partial charge is 0.355 e. The summed E-state index contributed by atoms with van der Waals surface area (Å²) in [6.07, 6.45) is 9.71. The molecular formula is C13H13N7. The normalized spacial score (nSPS) is 18.8. The third kappa shape index (κ3) is 1.78. The Morgan fingerprint density at radius 1 is 1.15 bits per heavy atom. The lowest BCUT2D eigenvalue weighted by atomic mass is 10.1. The molecule has 0 spiro atoms. The number of nitrogens with one attached hydrogen (secondary N) is 1. The van der Waals surface area contributed by atoms with Gasteiger partial charge in [0.25, 0.3) is 0 Å². The number of anilines is 1. The predicted molar refractivity (Wildman–Crippen MR) is 73.3 cm³/mol. The fraction of sp³-hybridized carbons (Fsp3) is 0.308. The molecule has 0 aromatic carbocycles. The summed E-state index contributed by atoms with van der Waals surface area (Å²) in [6, 6.07) is 0. The second kappa shape index (κ2) is 4.52. The van der Waals surface area contributed by atoms with E-state index in [-0.39, 0.29) is 0 Å². The number of rotatable bonds is 2. The van der Waals surface area contributed by atoms with E-state index in [4.69, 9.17) is 0 Å². The lowest BCUT2D eigenvalue weighted by molar-refractivity contribution is 0.737. The van der Waals surface area contributed by atoms with E-state index in [0.717, 1.165) is 42.1 Å². The van der Waals surface area contributed by atoms with Gasteiger partial charge in [0.1, 0.15) is 12.1 Å². The zero-order valence-corrected chi connectivity index (χ0v) is 10.8. The highest BCUT2D eigenvalue weighted by Crippen LogP contribution is 2.31. The van der Waals surface area contributed by atoms with Crippen molar-refractivity contribution < 1.29 is 0 Å². The first kappa shape index (κ1) is 11.3. The van der Waals surface area contributed by atoms with Gasteiger partial charge in [-0.15, -0.1) is 0 Å². The molecule has 1 unspecified atom stereocenters. The Bertz CT molecular complexity index is 724. The lowest BCUT2D eigenvalue weighted by Gasteiger charge is -2.17. The molecule has 0 bridgehead atoms. The van der Waals surface area contributed by atoms with E-state index in [2.05, 4.69) is 35.0 Å². The summed E-state index contributed by atoms with van der Waals surface area (Å²) < 4.78 is 0. The molecule has 7 heteroatoms. The van der Waals surface area contributed by atoms with E-state index >= 15 is 0 Å². The monoisotopic (exact) mass is 267 g/mol. The van der Waals surface area contributed by atoms with Gasteiger partial charge in [-0.25, -0.2) is 9.97 Å². The van der Waals surface area contributed by atoms with Crippen LogP contribution in [0.3, 0.4) is 0 Å². The summed E-state index contributed by atoms with van der Waals surface area (Å²) in [5, 5.41) is 7.88. The van der Waals surface area contributed by atoms with Crippen LogP contribution in [0.15, 0.2) is 31.1 Å². The molecule has 4 heterocycles. The quantitative estimate of drug-likeness (QED) is 0.749. The Morgan fingerprint density at radius 2 is 2.15 bits per heavy atom. The van der Waals surface area contributed by atoms with Crippen LogP contribution in [0.4, 0.5) is 5.82 Å². The van der Waals surface area contributed by atoms with E-state index in [0.29, 0.717) is 5.92 Å². The van der Waals surface area contributed by atoms with Gasteiger partial charge in [-0.1, -0.05) is 0 Å². The predicted octanol–water partition coefficient (Wildman–Crippen LogP) is 1.14. The van der Waals surface area contributed by atoms with Crippen LogP contribution in [0.25, 0.3) is 11.0 Å². The fourth-order valence-electron chi connectivity index (χ4n) is 2.72. The van der Waals surface area contributed by atoms with Gasteiger partial charge < -0.3 is 4.90 Å². The Labute approximate surface area is 115 Å². The molecule has 1 atom stereocenters. The van der Waals surface area contributed by atoms with Crippen LogP contribution in [0.2, 0.25) is 0 Å². The zero-order valence-electron chi connectivity index (χ0n) is 10.8. The van der Waals surface area contributed by atoms with Crippen LogP contribution >= 0.6 is 0 Å². The minimum Gasteiger partial charge on any atom is -0.355 e. The van der Waals surface area contributed by atoms with Crippen LogP contribution in [0.1, 0.15) is 18.0 Å². The van der Waals surface area contributed by atoms with Crippen molar-refractivity contribution in [2.45, 2.75) is 12.3 Å². The van der Waals surface area contributed by atoms with Crippen molar-refractivity contribution in [1.29, 1.82) is 0 Å². The van der Waals surface area contributed by atoms with Gasteiger partial charge in [-0.05, 0) is 6.42 Å². The lowest BCUT2D eigenvalue weighted by Crippen LogP contribution is -2.21. The van der Waals surface area contributed by atoms with Gasteiger partial charge in [-0.2, -0.15) is 5.10 Å². The van der Waals surface area contributed by atoms with Gasteiger partial charge >= 0.3 is 0 Å². The van der Waals surface area contributed by atoms with Gasteiger partial charge in [0, 0.05) is 37.6 Å². The molecule has 1 saturated heterocycles. The Morgan fingerprint density at radius 3 is 3.05 bits per heavy atom. The number of nitrogens with zero attached hydrogens (tertiary/aromatic N) is 6. The smallest absolute Gasteiger partial charge is 0.160 e. The first-order valence-electron chi connectivity index (χ1n) is 6.57. The molecule has 7 nitrogen and oxygen atoms in total. The summed E-state index contributed by atoms with van der Waals surface area (Å²) in [4.78, 5) is 19.4. The third-order valence-corrected chi connectivity index (χ3v) is 3.72. The van der Waals surface area contributed by atoms with Crippen molar-refractivity contribution in [3.8, 4) is 0 Å². The van der Waals surface area contributed by atoms with Gasteiger partial charge in [0.05, 0.1) is 17.3 Å². The van der Waals surface area contributed by atoms with Crippen molar-refractivity contribution in [2.75, 3.05) is 18.0 Å². The molecule has 0 aliphatic carbocycles. The summed E-state index contributed by atoms with van der Waals surface area (Å²) in [5.74, 6) is 1.34. The Kier molecular flexibility index (Phi) is 2.55. The average Bonchev–Trinajstić information content (AvgIpc) is 3.17. The topological polar surface area (TPSA) is 83.5 Å². The van der Waals surface area contributed by atoms with Gasteiger partial charge in [0.2, 0.25) is 0 Å². The van der Waals surface area contributed by atoms with Crippen LogP contribution < -0.4 is 4.90 Å². The van der Waals surface area contributed by atoms with Crippen LogP contribution in [0, 0.1) is 0 Å². The number of hydrogen-bond donors (Lipinski definition) is 1. The second-order valence-corrected chi connectivity index (χ2v) is 4.89. The SMILES string of the molecule is c1cnc(C2CCN(c3ncnc4[nH]ncc34)C2)cn1. The van der Waals surface area contributed by atoms with Crippen LogP contribution in [-0.4, -0.2) is 43.2 Å². The van der Waals surface area contributed by atoms with Gasteiger partial charge in [-0.3, -0.25) is 15.1 Å². The molecule has 1 N–H and O–H groups in total. The van der Waals surface area contributed by atoms with Crippen molar-refractivity contribution in [2.24, 2.45) is 0 Å². The van der Waals surface area contributed by atoms with E-state index in [9.17, 15) is 0 Å². The van der Waals surface area contributed by atoms with E-state index in [1.165, 1.54) is 0 Å².